The Morgan fingerprint density at radius 1 is 1.09 bits per heavy atom. The Balaban J connectivity index is 2.41. The predicted molar refractivity (Wildman–Crippen MR) is 88.8 cm³/mol. The molecule has 0 aliphatic heterocycles. The van der Waals surface area contributed by atoms with Gasteiger partial charge in [-0.1, -0.05) is 11.6 Å². The molecule has 22 heavy (non-hydrogen) atoms. The molecule has 6 heteroatoms. The van der Waals surface area contributed by atoms with Crippen LogP contribution in [0.5, 0.6) is 0 Å². The summed E-state index contributed by atoms with van der Waals surface area (Å²) >= 11 is 5.85. The molecule has 118 valence electrons. The lowest BCUT2D eigenvalue weighted by Gasteiger charge is -2.20. The Labute approximate surface area is 136 Å². The first-order chi connectivity index (χ1) is 10.4. The molecule has 1 atom stereocenters. The fourth-order valence-electron chi connectivity index (χ4n) is 2.24. The predicted octanol–water partition coefficient (Wildman–Crippen LogP) is 3.20. The number of hydrogen-bond acceptors (Lipinski definition) is 4. The van der Waals surface area contributed by atoms with Crippen molar-refractivity contribution < 1.29 is 8.42 Å². The van der Waals surface area contributed by atoms with Crippen molar-refractivity contribution in [3.8, 4) is 0 Å². The Morgan fingerprint density at radius 2 is 1.68 bits per heavy atom. The van der Waals surface area contributed by atoms with Crippen LogP contribution in [0, 0.1) is 0 Å². The van der Waals surface area contributed by atoms with Crippen LogP contribution in [0.3, 0.4) is 0 Å². The molecule has 0 fully saturated rings. The van der Waals surface area contributed by atoms with E-state index in [1.54, 1.807) is 48.8 Å². The zero-order valence-electron chi connectivity index (χ0n) is 12.6. The lowest BCUT2D eigenvalue weighted by Crippen LogP contribution is -2.21. The van der Waals surface area contributed by atoms with Gasteiger partial charge in [-0.15, -0.1) is 0 Å². The van der Waals surface area contributed by atoms with E-state index in [1.807, 2.05) is 19.0 Å². The Morgan fingerprint density at radius 3 is 2.23 bits per heavy atom. The molecule has 0 aliphatic carbocycles. The summed E-state index contributed by atoms with van der Waals surface area (Å²) < 4.78 is 25.9. The highest BCUT2D eigenvalue weighted by molar-refractivity contribution is 7.91. The first-order valence-electron chi connectivity index (χ1n) is 6.95. The molecule has 0 aliphatic rings. The summed E-state index contributed by atoms with van der Waals surface area (Å²) in [5, 5.41) is -0.0771. The average Bonchev–Trinajstić information content (AvgIpc) is 2.48. The number of hydrogen-bond donors (Lipinski definition) is 0. The van der Waals surface area contributed by atoms with Crippen LogP contribution in [0.1, 0.15) is 17.2 Å². The smallest absolute Gasteiger partial charge is 0.185 e. The van der Waals surface area contributed by atoms with Crippen molar-refractivity contribution in [2.75, 3.05) is 20.6 Å². The van der Waals surface area contributed by atoms with Crippen LogP contribution >= 0.6 is 11.6 Å². The Kier molecular flexibility index (Phi) is 5.56. The molecule has 2 aromatic rings. The number of rotatable bonds is 6. The molecule has 2 rings (SSSR count). The third-order valence-electron chi connectivity index (χ3n) is 3.43. The van der Waals surface area contributed by atoms with Gasteiger partial charge in [0.05, 0.1) is 10.1 Å². The normalized spacial score (nSPS) is 13.3. The molecule has 0 bridgehead atoms. The topological polar surface area (TPSA) is 50.3 Å². The Bertz CT molecular complexity index is 701. The molecule has 0 radical (unpaired) electrons. The van der Waals surface area contributed by atoms with Gasteiger partial charge in [-0.2, -0.15) is 0 Å². The highest BCUT2D eigenvalue weighted by atomic mass is 35.5. The molecular weight excluding hydrogens is 320 g/mol. The molecule has 4 nitrogen and oxygen atoms in total. The number of nitrogens with zero attached hydrogens (tertiary/aromatic N) is 2. The number of halogens is 1. The summed E-state index contributed by atoms with van der Waals surface area (Å²) in [5.74, 6) is 0. The van der Waals surface area contributed by atoms with E-state index in [1.165, 1.54) is 0 Å². The fraction of sp³-hybridized carbons (Fsp3) is 0.312. The number of pyridine rings is 1. The molecule has 1 unspecified atom stereocenters. The fourth-order valence-corrected chi connectivity index (χ4v) is 4.14. The zero-order valence-corrected chi connectivity index (χ0v) is 14.2. The number of aromatic nitrogens is 1. The van der Waals surface area contributed by atoms with Crippen LogP contribution in [0.25, 0.3) is 0 Å². The van der Waals surface area contributed by atoms with Crippen LogP contribution < -0.4 is 0 Å². The largest absolute Gasteiger partial charge is 0.309 e. The lowest BCUT2D eigenvalue weighted by atomic mass is 10.1. The van der Waals surface area contributed by atoms with Gasteiger partial charge < -0.3 is 4.90 Å². The first kappa shape index (κ1) is 16.9. The highest BCUT2D eigenvalue weighted by Crippen LogP contribution is 2.32. The molecule has 0 spiro atoms. The summed E-state index contributed by atoms with van der Waals surface area (Å²) in [6.45, 7) is 0.680. The maximum atomic E-state index is 13.0. The summed E-state index contributed by atoms with van der Waals surface area (Å²) in [4.78, 5) is 6.23. The second-order valence-electron chi connectivity index (χ2n) is 5.36. The number of sulfone groups is 1. The van der Waals surface area contributed by atoms with Gasteiger partial charge in [-0.05, 0) is 69.0 Å². The van der Waals surface area contributed by atoms with E-state index in [2.05, 4.69) is 4.98 Å². The maximum absolute atomic E-state index is 13.0. The molecule has 1 heterocycles. The van der Waals surface area contributed by atoms with Gasteiger partial charge >= 0.3 is 0 Å². The van der Waals surface area contributed by atoms with Gasteiger partial charge in [0.1, 0.15) is 0 Å². The summed E-state index contributed by atoms with van der Waals surface area (Å²) in [6, 6.07) is 9.83. The van der Waals surface area contributed by atoms with Crippen LogP contribution in [-0.4, -0.2) is 38.9 Å². The van der Waals surface area contributed by atoms with E-state index in [0.717, 1.165) is 5.56 Å². The molecule has 0 N–H and O–H groups in total. The molecule has 0 saturated heterocycles. The van der Waals surface area contributed by atoms with Crippen LogP contribution in [-0.2, 0) is 9.84 Å². The van der Waals surface area contributed by atoms with Crippen molar-refractivity contribution in [3.63, 3.8) is 0 Å². The van der Waals surface area contributed by atoms with E-state index in [0.29, 0.717) is 18.0 Å². The molecular formula is C16H19ClN2O2S. The van der Waals surface area contributed by atoms with Crippen LogP contribution in [0.2, 0.25) is 5.02 Å². The maximum Gasteiger partial charge on any atom is 0.185 e. The lowest BCUT2D eigenvalue weighted by molar-refractivity contribution is 0.395. The van der Waals surface area contributed by atoms with E-state index in [4.69, 9.17) is 11.6 Å². The van der Waals surface area contributed by atoms with Gasteiger partial charge in [0, 0.05) is 17.4 Å². The van der Waals surface area contributed by atoms with Crippen LogP contribution in [0.15, 0.2) is 53.7 Å². The van der Waals surface area contributed by atoms with Gasteiger partial charge in [-0.3, -0.25) is 4.98 Å². The second kappa shape index (κ2) is 7.22. The van der Waals surface area contributed by atoms with Gasteiger partial charge in [0.2, 0.25) is 0 Å². The minimum Gasteiger partial charge on any atom is -0.309 e. The van der Waals surface area contributed by atoms with Crippen molar-refractivity contribution in [2.45, 2.75) is 16.6 Å². The van der Waals surface area contributed by atoms with E-state index >= 15 is 0 Å². The van der Waals surface area contributed by atoms with Gasteiger partial charge in [0.25, 0.3) is 0 Å². The van der Waals surface area contributed by atoms with Gasteiger partial charge in [-0.25, -0.2) is 8.42 Å². The quantitative estimate of drug-likeness (QED) is 0.811. The van der Waals surface area contributed by atoms with Crippen molar-refractivity contribution in [1.82, 2.24) is 9.88 Å². The minimum atomic E-state index is -3.48. The van der Waals surface area contributed by atoms with Crippen molar-refractivity contribution in [3.05, 3.63) is 59.4 Å². The summed E-state index contributed by atoms with van der Waals surface area (Å²) in [7, 11) is 0.379. The Hall–Kier alpha value is -1.43. The molecule has 1 aromatic carbocycles. The number of benzene rings is 1. The van der Waals surface area contributed by atoms with Crippen molar-refractivity contribution in [1.29, 1.82) is 0 Å². The van der Waals surface area contributed by atoms with E-state index < -0.39 is 15.1 Å². The molecule has 0 amide bonds. The average molecular weight is 339 g/mol. The highest BCUT2D eigenvalue weighted by Gasteiger charge is 2.28. The minimum absolute atomic E-state index is 0.289. The third kappa shape index (κ3) is 4.06. The van der Waals surface area contributed by atoms with E-state index in [9.17, 15) is 8.42 Å². The monoisotopic (exact) mass is 338 g/mol. The third-order valence-corrected chi connectivity index (χ3v) is 5.87. The van der Waals surface area contributed by atoms with E-state index in [-0.39, 0.29) is 4.90 Å². The standard InChI is InChI=1S/C16H19ClN2O2S/c1-19(2)12-9-16(13-7-10-18-11-8-13)22(20,21)15-5-3-14(17)4-6-15/h3-8,10-11,16H,9,12H2,1-2H3. The first-order valence-corrected chi connectivity index (χ1v) is 8.88. The summed E-state index contributed by atoms with van der Waals surface area (Å²) in [6.07, 6.45) is 3.76. The van der Waals surface area contributed by atoms with Crippen molar-refractivity contribution >= 4 is 21.4 Å². The molecule has 0 saturated carbocycles. The summed E-state index contributed by atoms with van der Waals surface area (Å²) in [5.41, 5.74) is 0.756. The van der Waals surface area contributed by atoms with Crippen LogP contribution in [0.4, 0.5) is 0 Å². The zero-order chi connectivity index (χ0) is 16.2. The van der Waals surface area contributed by atoms with Crippen molar-refractivity contribution in [2.24, 2.45) is 0 Å². The second-order valence-corrected chi connectivity index (χ2v) is 7.93. The molecule has 1 aromatic heterocycles. The van der Waals surface area contributed by atoms with Gasteiger partial charge in [0.15, 0.2) is 9.84 Å². The SMILES string of the molecule is CN(C)CCC(c1ccncc1)S(=O)(=O)c1ccc(Cl)cc1.